The number of H-pyrrole nitrogens is 1. The summed E-state index contributed by atoms with van der Waals surface area (Å²) in [6.45, 7) is 2.89. The first-order chi connectivity index (χ1) is 17.0. The largest absolute Gasteiger partial charge is 0.357 e. The molecule has 35 heavy (non-hydrogen) atoms. The van der Waals surface area contributed by atoms with E-state index in [0.29, 0.717) is 12.0 Å². The second kappa shape index (κ2) is 8.61. The number of amides is 3. The van der Waals surface area contributed by atoms with Gasteiger partial charge in [-0.3, -0.25) is 24.6 Å². The molecule has 3 aromatic rings. The number of piperidine rings is 2. The Morgan fingerprint density at radius 1 is 1.00 bits per heavy atom. The number of benzene rings is 2. The van der Waals surface area contributed by atoms with Crippen molar-refractivity contribution in [2.45, 2.75) is 50.7 Å². The van der Waals surface area contributed by atoms with Crippen LogP contribution in [0.2, 0.25) is 0 Å². The normalized spacial score (nSPS) is 21.6. The number of hydrogen-bond acceptors (Lipinski definition) is 4. The number of likely N-dealkylation sites (tertiary alicyclic amines) is 1. The minimum atomic E-state index is -0.693. The highest BCUT2D eigenvalue weighted by Crippen LogP contribution is 2.38. The van der Waals surface area contributed by atoms with E-state index in [1.54, 1.807) is 6.07 Å². The van der Waals surface area contributed by atoms with Crippen molar-refractivity contribution in [2.24, 2.45) is 0 Å². The van der Waals surface area contributed by atoms with Crippen LogP contribution in [-0.2, 0) is 22.7 Å². The fourth-order valence-corrected chi connectivity index (χ4v) is 5.88. The molecule has 0 saturated carbocycles. The number of nitrogens with zero attached hydrogens (tertiary/aromatic N) is 2. The topological polar surface area (TPSA) is 85.5 Å². The number of para-hydroxylation sites is 1. The molecule has 4 heterocycles. The van der Waals surface area contributed by atoms with Gasteiger partial charge in [-0.1, -0.05) is 18.2 Å². The number of carbonyl (C=O) groups excluding carboxylic acids is 3. The van der Waals surface area contributed by atoms with Gasteiger partial charge in [-0.2, -0.15) is 0 Å². The second-order valence-corrected chi connectivity index (χ2v) is 9.85. The molecule has 6 rings (SSSR count). The number of halogens is 1. The minimum Gasteiger partial charge on any atom is -0.357 e. The Hall–Kier alpha value is -3.52. The Labute approximate surface area is 202 Å². The summed E-state index contributed by atoms with van der Waals surface area (Å²) < 4.78 is 14.6. The summed E-state index contributed by atoms with van der Waals surface area (Å²) in [5.41, 5.74) is 4.38. The van der Waals surface area contributed by atoms with Crippen LogP contribution < -0.4 is 5.32 Å². The van der Waals surface area contributed by atoms with Crippen LogP contribution in [0.5, 0.6) is 0 Å². The lowest BCUT2D eigenvalue weighted by atomic mass is 9.85. The van der Waals surface area contributed by atoms with Gasteiger partial charge in [-0.15, -0.1) is 0 Å². The van der Waals surface area contributed by atoms with Crippen LogP contribution in [0.25, 0.3) is 10.9 Å². The first kappa shape index (κ1) is 22.0. The quantitative estimate of drug-likeness (QED) is 0.568. The van der Waals surface area contributed by atoms with E-state index in [0.717, 1.165) is 49.1 Å². The van der Waals surface area contributed by atoms with E-state index in [1.165, 1.54) is 22.0 Å². The highest BCUT2D eigenvalue weighted by atomic mass is 19.1. The third-order valence-electron chi connectivity index (χ3n) is 7.66. The SMILES string of the molecule is O=C1CCC(N2Cc3c(cc(F)cc3C3CCN(Cc4cc5ccccc5[nH]4)CC3)C2=O)C(=O)N1. The monoisotopic (exact) mass is 474 g/mol. The molecule has 7 nitrogen and oxygen atoms in total. The average molecular weight is 475 g/mol. The molecular weight excluding hydrogens is 447 g/mol. The molecule has 2 N–H and O–H groups in total. The molecule has 0 spiro atoms. The molecule has 0 bridgehead atoms. The maximum atomic E-state index is 14.6. The van der Waals surface area contributed by atoms with Crippen molar-refractivity contribution >= 4 is 28.6 Å². The number of aromatic amines is 1. The van der Waals surface area contributed by atoms with Crippen LogP contribution in [0, 0.1) is 5.82 Å². The van der Waals surface area contributed by atoms with Crippen molar-refractivity contribution in [3.63, 3.8) is 0 Å². The summed E-state index contributed by atoms with van der Waals surface area (Å²) in [6, 6.07) is 12.6. The van der Waals surface area contributed by atoms with E-state index >= 15 is 0 Å². The molecule has 3 aliphatic rings. The predicted molar refractivity (Wildman–Crippen MR) is 128 cm³/mol. The first-order valence-electron chi connectivity index (χ1n) is 12.2. The van der Waals surface area contributed by atoms with E-state index in [-0.39, 0.29) is 30.7 Å². The lowest BCUT2D eigenvalue weighted by Crippen LogP contribution is -2.52. The molecule has 3 amide bonds. The van der Waals surface area contributed by atoms with Crippen LogP contribution in [0.1, 0.15) is 58.8 Å². The van der Waals surface area contributed by atoms with E-state index in [4.69, 9.17) is 0 Å². The number of rotatable bonds is 4. The number of nitrogens with one attached hydrogen (secondary N) is 2. The van der Waals surface area contributed by atoms with Gasteiger partial charge in [0.25, 0.3) is 5.91 Å². The van der Waals surface area contributed by atoms with E-state index in [1.807, 2.05) is 12.1 Å². The van der Waals surface area contributed by atoms with Crippen molar-refractivity contribution in [3.05, 3.63) is 70.7 Å². The standard InChI is InChI=1S/C27H27FN4O3/c28-18-12-20(22-15-32(27(35)21(22)13-18)24-5-6-25(33)30-26(24)34)16-7-9-31(10-8-16)14-19-11-17-3-1-2-4-23(17)29-19/h1-4,11-13,16,24,29H,5-10,14-15H2,(H,30,33,34). The summed E-state index contributed by atoms with van der Waals surface area (Å²) in [4.78, 5) is 44.4. The van der Waals surface area contributed by atoms with Crippen LogP contribution in [-0.4, -0.2) is 51.6 Å². The van der Waals surface area contributed by atoms with Gasteiger partial charge in [0, 0.05) is 36.3 Å². The Morgan fingerprint density at radius 2 is 1.80 bits per heavy atom. The molecule has 2 fully saturated rings. The van der Waals surface area contributed by atoms with E-state index < -0.39 is 17.8 Å². The van der Waals surface area contributed by atoms with Gasteiger partial charge in [-0.05, 0) is 79.0 Å². The summed E-state index contributed by atoms with van der Waals surface area (Å²) in [6.07, 6.45) is 2.26. The summed E-state index contributed by atoms with van der Waals surface area (Å²) >= 11 is 0. The zero-order valence-electron chi connectivity index (χ0n) is 19.4. The van der Waals surface area contributed by atoms with Gasteiger partial charge in [0.1, 0.15) is 11.9 Å². The van der Waals surface area contributed by atoms with Gasteiger partial charge in [-0.25, -0.2) is 4.39 Å². The summed E-state index contributed by atoms with van der Waals surface area (Å²) in [5, 5.41) is 3.53. The molecule has 2 aromatic carbocycles. The number of carbonyl (C=O) groups is 3. The van der Waals surface area contributed by atoms with Crippen LogP contribution >= 0.6 is 0 Å². The van der Waals surface area contributed by atoms with Crippen molar-refractivity contribution < 1.29 is 18.8 Å². The smallest absolute Gasteiger partial charge is 0.255 e. The number of fused-ring (bicyclic) bond motifs is 2. The predicted octanol–water partition coefficient (Wildman–Crippen LogP) is 3.45. The number of imide groups is 1. The molecule has 0 aliphatic carbocycles. The minimum absolute atomic E-state index is 0.160. The van der Waals surface area contributed by atoms with Gasteiger partial charge in [0.15, 0.2) is 0 Å². The van der Waals surface area contributed by atoms with E-state index in [9.17, 15) is 18.8 Å². The summed E-state index contributed by atoms with van der Waals surface area (Å²) in [5.74, 6) is -1.35. The molecule has 1 unspecified atom stereocenters. The third-order valence-corrected chi connectivity index (χ3v) is 7.66. The highest BCUT2D eigenvalue weighted by molar-refractivity contribution is 6.05. The molecule has 2 saturated heterocycles. The molecule has 0 radical (unpaired) electrons. The van der Waals surface area contributed by atoms with Crippen LogP contribution in [0.15, 0.2) is 42.5 Å². The second-order valence-electron chi connectivity index (χ2n) is 9.85. The maximum absolute atomic E-state index is 14.6. The summed E-state index contributed by atoms with van der Waals surface area (Å²) in [7, 11) is 0. The molecule has 1 aromatic heterocycles. The Balaban J connectivity index is 1.17. The molecule has 8 heteroatoms. The lowest BCUT2D eigenvalue weighted by molar-refractivity contribution is -0.136. The average Bonchev–Trinajstić information content (AvgIpc) is 3.40. The van der Waals surface area contributed by atoms with Crippen molar-refractivity contribution in [3.8, 4) is 0 Å². The van der Waals surface area contributed by atoms with Gasteiger partial charge < -0.3 is 9.88 Å². The van der Waals surface area contributed by atoms with Crippen molar-refractivity contribution in [1.29, 1.82) is 0 Å². The van der Waals surface area contributed by atoms with Crippen molar-refractivity contribution in [2.75, 3.05) is 13.1 Å². The highest BCUT2D eigenvalue weighted by Gasteiger charge is 2.41. The zero-order chi connectivity index (χ0) is 24.1. The van der Waals surface area contributed by atoms with Crippen LogP contribution in [0.4, 0.5) is 4.39 Å². The Bertz CT molecular complexity index is 1310. The zero-order valence-corrected chi connectivity index (χ0v) is 19.4. The van der Waals surface area contributed by atoms with Gasteiger partial charge >= 0.3 is 0 Å². The fraction of sp³-hybridized carbons (Fsp3) is 0.370. The molecule has 180 valence electrons. The third kappa shape index (κ3) is 4.01. The first-order valence-corrected chi connectivity index (χ1v) is 12.2. The number of hydrogen-bond donors (Lipinski definition) is 2. The molecular formula is C27H27FN4O3. The van der Waals surface area contributed by atoms with Gasteiger partial charge in [0.05, 0.1) is 0 Å². The molecule has 1 atom stereocenters. The van der Waals surface area contributed by atoms with Crippen LogP contribution in [0.3, 0.4) is 0 Å². The maximum Gasteiger partial charge on any atom is 0.255 e. The number of aromatic nitrogens is 1. The van der Waals surface area contributed by atoms with Gasteiger partial charge in [0.2, 0.25) is 11.8 Å². The Kier molecular flexibility index (Phi) is 5.40. The van der Waals surface area contributed by atoms with Crippen molar-refractivity contribution in [1.82, 2.24) is 20.1 Å². The lowest BCUT2D eigenvalue weighted by Gasteiger charge is -2.33. The molecule has 3 aliphatic heterocycles. The Morgan fingerprint density at radius 3 is 2.57 bits per heavy atom. The van der Waals surface area contributed by atoms with E-state index in [2.05, 4.69) is 33.4 Å². The fourth-order valence-electron chi connectivity index (χ4n) is 5.88.